The first kappa shape index (κ1) is 27.3. The van der Waals surface area contributed by atoms with Gasteiger partial charge in [0.15, 0.2) is 23.1 Å². The number of nitrogens with zero attached hydrogens (tertiary/aromatic N) is 3. The van der Waals surface area contributed by atoms with Crippen molar-refractivity contribution in [3.8, 4) is 5.82 Å². The quantitative estimate of drug-likeness (QED) is 0.351. The molecule has 0 saturated carbocycles. The number of ketones is 2. The lowest BCUT2D eigenvalue weighted by Gasteiger charge is -2.39. The molecule has 0 spiro atoms. The van der Waals surface area contributed by atoms with Gasteiger partial charge in [-0.3, -0.25) is 14.4 Å². The van der Waals surface area contributed by atoms with Crippen molar-refractivity contribution in [2.24, 2.45) is 5.41 Å². The van der Waals surface area contributed by atoms with Crippen LogP contribution in [0.3, 0.4) is 0 Å². The van der Waals surface area contributed by atoms with Crippen LogP contribution in [0.4, 0.5) is 13.2 Å². The molecule has 0 aliphatic carbocycles. The van der Waals surface area contributed by atoms with Crippen molar-refractivity contribution in [3.63, 3.8) is 0 Å². The van der Waals surface area contributed by atoms with E-state index in [0.717, 1.165) is 4.68 Å². The van der Waals surface area contributed by atoms with Gasteiger partial charge < -0.3 is 0 Å². The van der Waals surface area contributed by atoms with E-state index >= 15 is 0 Å². The summed E-state index contributed by atoms with van der Waals surface area (Å²) in [7, 11) is -2.69. The molecule has 0 radical (unpaired) electrons. The molecule has 3 heterocycles. The van der Waals surface area contributed by atoms with Gasteiger partial charge in [-0.05, 0) is 47.7 Å². The smallest absolute Gasteiger partial charge is 0.294 e. The molecule has 4 rings (SSSR count). The molecule has 1 aliphatic rings. The molecule has 0 unspecified atom stereocenters. The lowest BCUT2D eigenvalue weighted by Crippen LogP contribution is -2.46. The van der Waals surface area contributed by atoms with Crippen molar-refractivity contribution in [3.05, 3.63) is 74.7 Å². The fraction of sp³-hybridized carbons (Fsp3) is 0.333. The zero-order valence-corrected chi connectivity index (χ0v) is 22.0. The Morgan fingerprint density at radius 1 is 1.19 bits per heavy atom. The van der Waals surface area contributed by atoms with Gasteiger partial charge >= 0.3 is 6.18 Å². The molecule has 13 heteroatoms. The van der Waals surface area contributed by atoms with E-state index in [1.165, 1.54) is 24.4 Å². The summed E-state index contributed by atoms with van der Waals surface area (Å²) in [4.78, 5) is 30.6. The zero-order valence-electron chi connectivity index (χ0n) is 19.7. The third-order valence-electron chi connectivity index (χ3n) is 6.05. The molecule has 1 saturated heterocycles. The van der Waals surface area contributed by atoms with E-state index in [2.05, 4.69) is 10.1 Å². The van der Waals surface area contributed by atoms with E-state index in [1.54, 1.807) is 19.9 Å². The number of rotatable bonds is 7. The SMILES string of the molecule is Cc1cc(Cl)cc(C(=O)CC2(C)CS(=N)(=O)C2)c1CC(=O)c1cc(C(F)(F)F)nn1-c1ncccc1Cl. The van der Waals surface area contributed by atoms with Crippen LogP contribution in [0, 0.1) is 17.1 Å². The van der Waals surface area contributed by atoms with Crippen molar-refractivity contribution in [2.75, 3.05) is 11.5 Å². The molecule has 196 valence electrons. The highest BCUT2D eigenvalue weighted by molar-refractivity contribution is 7.93. The van der Waals surface area contributed by atoms with Crippen molar-refractivity contribution < 1.29 is 27.0 Å². The van der Waals surface area contributed by atoms with Gasteiger partial charge in [-0.1, -0.05) is 30.1 Å². The van der Waals surface area contributed by atoms with Crippen molar-refractivity contribution >= 4 is 44.5 Å². The highest BCUT2D eigenvalue weighted by atomic mass is 35.5. The van der Waals surface area contributed by atoms with Crippen LogP contribution < -0.4 is 0 Å². The highest BCUT2D eigenvalue weighted by Gasteiger charge is 2.43. The minimum atomic E-state index is -4.83. The molecule has 7 nitrogen and oxygen atoms in total. The van der Waals surface area contributed by atoms with E-state index in [9.17, 15) is 27.0 Å². The van der Waals surface area contributed by atoms with Crippen LogP contribution in [-0.2, 0) is 22.3 Å². The van der Waals surface area contributed by atoms with Crippen LogP contribution in [0.5, 0.6) is 0 Å². The average molecular weight is 573 g/mol. The Kier molecular flexibility index (Phi) is 7.02. The van der Waals surface area contributed by atoms with Crippen LogP contribution in [0.25, 0.3) is 5.82 Å². The molecular weight excluding hydrogens is 552 g/mol. The molecular formula is C24H21Cl2F3N4O3S. The maximum Gasteiger partial charge on any atom is 0.435 e. The van der Waals surface area contributed by atoms with Crippen LogP contribution in [-0.4, -0.2) is 42.0 Å². The molecule has 1 aliphatic heterocycles. The molecule has 1 aromatic carbocycles. The van der Waals surface area contributed by atoms with Crippen LogP contribution in [0.1, 0.15) is 51.0 Å². The standard InChI is InChI=1S/C24H21Cl2F3N4O3S/c1-13-6-14(25)7-16(20(35)10-23(2)11-37(30,36)12-23)15(13)8-19(34)18-9-21(24(27,28)29)32-33(18)22-17(26)4-3-5-31-22/h3-7,9,30H,8,10-12H2,1-2H3. The lowest BCUT2D eigenvalue weighted by molar-refractivity contribution is -0.141. The van der Waals surface area contributed by atoms with Gasteiger partial charge in [0.05, 0.1) is 5.02 Å². The predicted octanol–water partition coefficient (Wildman–Crippen LogP) is 5.97. The van der Waals surface area contributed by atoms with Gasteiger partial charge in [-0.25, -0.2) is 13.9 Å². The topological polar surface area (TPSA) is 106 Å². The summed E-state index contributed by atoms with van der Waals surface area (Å²) in [6.07, 6.45) is -3.94. The second kappa shape index (κ2) is 9.52. The van der Waals surface area contributed by atoms with Crippen LogP contribution in [0.15, 0.2) is 36.5 Å². The number of aromatic nitrogens is 3. The van der Waals surface area contributed by atoms with Gasteiger partial charge in [-0.15, -0.1) is 0 Å². The minimum Gasteiger partial charge on any atom is -0.294 e. The van der Waals surface area contributed by atoms with Crippen LogP contribution >= 0.6 is 23.2 Å². The Balaban J connectivity index is 1.73. The first-order chi connectivity index (χ1) is 17.1. The monoisotopic (exact) mass is 572 g/mol. The van der Waals surface area contributed by atoms with Gasteiger partial charge in [0.1, 0.15) is 5.69 Å². The Labute approximate surface area is 221 Å². The number of alkyl halides is 3. The fourth-order valence-electron chi connectivity index (χ4n) is 4.59. The summed E-state index contributed by atoms with van der Waals surface area (Å²) < 4.78 is 60.8. The first-order valence-corrected chi connectivity index (χ1v) is 13.6. The lowest BCUT2D eigenvalue weighted by atomic mass is 9.84. The normalized spacial score (nSPS) is 21.5. The number of hydrogen-bond donors (Lipinski definition) is 1. The largest absolute Gasteiger partial charge is 0.435 e. The third kappa shape index (κ3) is 5.73. The number of halogens is 5. The van der Waals surface area contributed by atoms with E-state index < -0.39 is 44.9 Å². The van der Waals surface area contributed by atoms with Gasteiger partial charge in [0, 0.05) is 56.9 Å². The Bertz CT molecular complexity index is 1520. The van der Waals surface area contributed by atoms with E-state index in [4.69, 9.17) is 28.0 Å². The Morgan fingerprint density at radius 2 is 1.86 bits per heavy atom. The number of pyridine rings is 1. The van der Waals surface area contributed by atoms with E-state index in [-0.39, 0.29) is 45.1 Å². The second-order valence-electron chi connectivity index (χ2n) is 9.49. The molecule has 0 bridgehead atoms. The van der Waals surface area contributed by atoms with Gasteiger partial charge in [0.25, 0.3) is 0 Å². The number of carbonyl (C=O) groups excluding carboxylic acids is 2. The number of aryl methyl sites for hydroxylation is 1. The number of Topliss-reactive ketones (excluding diaryl/α,β-unsaturated/α-hetero) is 2. The Hall–Kier alpha value is -2.76. The van der Waals surface area contributed by atoms with Gasteiger partial charge in [-0.2, -0.15) is 18.3 Å². The zero-order chi connectivity index (χ0) is 27.3. The molecule has 3 aromatic rings. The molecule has 0 amide bonds. The summed E-state index contributed by atoms with van der Waals surface area (Å²) in [5.41, 5.74) is -1.35. The summed E-state index contributed by atoms with van der Waals surface area (Å²) in [6, 6.07) is 6.48. The van der Waals surface area contributed by atoms with Crippen molar-refractivity contribution in [1.82, 2.24) is 14.8 Å². The molecule has 1 fully saturated rings. The summed E-state index contributed by atoms with van der Waals surface area (Å²) in [6.45, 7) is 3.40. The van der Waals surface area contributed by atoms with Gasteiger partial charge in [0.2, 0.25) is 0 Å². The van der Waals surface area contributed by atoms with E-state index in [1.807, 2.05) is 0 Å². The molecule has 1 N–H and O–H groups in total. The second-order valence-corrected chi connectivity index (χ2v) is 12.5. The van der Waals surface area contributed by atoms with Crippen molar-refractivity contribution in [1.29, 1.82) is 4.78 Å². The minimum absolute atomic E-state index is 0.00775. The summed E-state index contributed by atoms with van der Waals surface area (Å²) in [5, 5.41) is 3.79. The summed E-state index contributed by atoms with van der Waals surface area (Å²) in [5.74, 6) is -1.08. The highest BCUT2D eigenvalue weighted by Crippen LogP contribution is 2.38. The molecule has 37 heavy (non-hydrogen) atoms. The summed E-state index contributed by atoms with van der Waals surface area (Å²) >= 11 is 12.3. The first-order valence-electron chi connectivity index (χ1n) is 11.0. The molecule has 2 aromatic heterocycles. The number of benzene rings is 1. The van der Waals surface area contributed by atoms with Crippen molar-refractivity contribution in [2.45, 2.75) is 32.9 Å². The average Bonchev–Trinajstić information content (AvgIpc) is 3.20. The number of carbonyl (C=O) groups is 2. The maximum absolute atomic E-state index is 13.5. The molecule has 0 atom stereocenters. The fourth-order valence-corrected chi connectivity index (χ4v) is 7.43. The van der Waals surface area contributed by atoms with E-state index in [0.29, 0.717) is 17.2 Å². The third-order valence-corrected chi connectivity index (χ3v) is 8.89. The number of hydrogen-bond acceptors (Lipinski definition) is 6. The van der Waals surface area contributed by atoms with Crippen LogP contribution in [0.2, 0.25) is 10.0 Å². The Morgan fingerprint density at radius 3 is 2.46 bits per heavy atom. The number of nitrogens with one attached hydrogen (secondary N) is 1. The maximum atomic E-state index is 13.5. The predicted molar refractivity (Wildman–Crippen MR) is 133 cm³/mol.